The van der Waals surface area contributed by atoms with Gasteiger partial charge in [-0.05, 0) is 44.5 Å². The average Bonchev–Trinajstić information content (AvgIpc) is 2.11. The molecule has 0 amide bonds. The van der Waals surface area contributed by atoms with Crippen LogP contribution in [0.1, 0.15) is 52.9 Å². The van der Waals surface area contributed by atoms with Crippen LogP contribution in [0.5, 0.6) is 0 Å². The lowest BCUT2D eigenvalue weighted by molar-refractivity contribution is 0.385. The van der Waals surface area contributed by atoms with E-state index in [0.29, 0.717) is 0 Å². The van der Waals surface area contributed by atoms with Gasteiger partial charge in [-0.15, -0.1) is 0 Å². The first-order valence-corrected chi connectivity index (χ1v) is 9.75. The van der Waals surface area contributed by atoms with Gasteiger partial charge in [0, 0.05) is 6.42 Å². The highest BCUT2D eigenvalue weighted by atomic mass is 28.4. The molecule has 0 N–H and O–H groups in total. The predicted molar refractivity (Wildman–Crippen MR) is 71.6 cm³/mol. The van der Waals surface area contributed by atoms with E-state index in [-0.39, 0.29) is 0 Å². The summed E-state index contributed by atoms with van der Waals surface area (Å²) in [6, 6.07) is 0. The molecule has 0 atom stereocenters. The van der Waals surface area contributed by atoms with Gasteiger partial charge >= 0.3 is 0 Å². The van der Waals surface area contributed by atoms with Crippen molar-refractivity contribution in [3.8, 4) is 0 Å². The Bertz CT molecular complexity index is 201. The number of hydrogen-bond donors (Lipinski definition) is 0. The van der Waals surface area contributed by atoms with Crippen LogP contribution < -0.4 is 0 Å². The fraction of sp³-hybridized carbons (Fsp3) is 0.846. The Hall–Kier alpha value is -0.243. The van der Waals surface area contributed by atoms with E-state index < -0.39 is 8.32 Å². The third-order valence-electron chi connectivity index (χ3n) is 2.28. The molecular weight excluding hydrogens is 200 g/mol. The van der Waals surface area contributed by atoms with Crippen molar-refractivity contribution in [1.82, 2.24) is 0 Å². The normalized spacial score (nSPS) is 13.7. The molecule has 0 aromatic rings. The smallest absolute Gasteiger partial charge is 0.241 e. The summed E-state index contributed by atoms with van der Waals surface area (Å²) in [6.07, 6.45) is 5.88. The van der Waals surface area contributed by atoms with Crippen molar-refractivity contribution in [1.29, 1.82) is 0 Å². The highest BCUT2D eigenvalue weighted by Crippen LogP contribution is 2.23. The zero-order valence-corrected chi connectivity index (χ0v) is 12.4. The maximum absolute atomic E-state index is 6.20. The monoisotopic (exact) mass is 228 g/mol. The molecule has 0 heterocycles. The molecule has 2 heteroatoms. The van der Waals surface area contributed by atoms with Crippen LogP contribution in [-0.2, 0) is 4.43 Å². The van der Waals surface area contributed by atoms with Gasteiger partial charge in [-0.1, -0.05) is 27.2 Å². The molecule has 0 bridgehead atoms. The van der Waals surface area contributed by atoms with E-state index in [9.17, 15) is 0 Å². The molecule has 15 heavy (non-hydrogen) atoms. The lowest BCUT2D eigenvalue weighted by Crippen LogP contribution is -2.25. The highest BCUT2D eigenvalue weighted by molar-refractivity contribution is 6.70. The molecule has 0 aromatic carbocycles. The second-order valence-electron chi connectivity index (χ2n) is 5.09. The Morgan fingerprint density at radius 2 is 1.47 bits per heavy atom. The first-order valence-electron chi connectivity index (χ1n) is 6.34. The Kier molecular flexibility index (Phi) is 6.99. The number of allylic oxidation sites excluding steroid dienone is 2. The molecule has 0 saturated carbocycles. The maximum Gasteiger partial charge on any atom is 0.241 e. The van der Waals surface area contributed by atoms with Crippen LogP contribution in [0.3, 0.4) is 0 Å². The Balaban J connectivity index is 4.71. The minimum Gasteiger partial charge on any atom is -0.547 e. The SMILES string of the molecule is CCCC(CC)=C(CCC)O[Si](C)(C)C. The van der Waals surface area contributed by atoms with Crippen molar-refractivity contribution in [3.05, 3.63) is 11.3 Å². The van der Waals surface area contributed by atoms with E-state index in [1.54, 1.807) is 5.57 Å². The number of hydrogen-bond acceptors (Lipinski definition) is 1. The van der Waals surface area contributed by atoms with Crippen molar-refractivity contribution >= 4 is 8.32 Å². The van der Waals surface area contributed by atoms with Gasteiger partial charge in [0.05, 0.1) is 5.76 Å². The quantitative estimate of drug-likeness (QED) is 0.435. The third-order valence-corrected chi connectivity index (χ3v) is 3.14. The summed E-state index contributed by atoms with van der Waals surface area (Å²) in [5, 5.41) is 0. The zero-order chi connectivity index (χ0) is 11.9. The summed E-state index contributed by atoms with van der Waals surface area (Å²) in [5.74, 6) is 1.31. The van der Waals surface area contributed by atoms with E-state index in [1.807, 2.05) is 0 Å². The zero-order valence-electron chi connectivity index (χ0n) is 11.4. The Morgan fingerprint density at radius 3 is 1.80 bits per heavy atom. The van der Waals surface area contributed by atoms with Crippen LogP contribution in [0.25, 0.3) is 0 Å². The summed E-state index contributed by atoms with van der Waals surface area (Å²) in [7, 11) is -1.42. The van der Waals surface area contributed by atoms with Gasteiger partial charge in [0.2, 0.25) is 8.32 Å². The molecule has 0 aliphatic heterocycles. The predicted octanol–water partition coefficient (Wildman–Crippen LogP) is 5.10. The molecule has 0 saturated heterocycles. The highest BCUT2D eigenvalue weighted by Gasteiger charge is 2.18. The topological polar surface area (TPSA) is 9.23 Å². The first-order chi connectivity index (χ1) is 6.94. The van der Waals surface area contributed by atoms with Crippen LogP contribution >= 0.6 is 0 Å². The minimum absolute atomic E-state index is 1.12. The standard InChI is InChI=1S/C13H28OSi/c1-7-10-12(9-3)13(11-8-2)14-15(4,5)6/h7-11H2,1-6H3. The van der Waals surface area contributed by atoms with Gasteiger partial charge in [-0.2, -0.15) is 0 Å². The molecular formula is C13H28OSi. The molecule has 0 aliphatic carbocycles. The van der Waals surface area contributed by atoms with Gasteiger partial charge in [-0.25, -0.2) is 0 Å². The summed E-state index contributed by atoms with van der Waals surface area (Å²) in [5.41, 5.74) is 1.54. The maximum atomic E-state index is 6.20. The third kappa shape index (κ3) is 6.77. The van der Waals surface area contributed by atoms with Gasteiger partial charge in [0.25, 0.3) is 0 Å². The lowest BCUT2D eigenvalue weighted by atomic mass is 10.0. The Morgan fingerprint density at radius 1 is 0.933 bits per heavy atom. The summed E-state index contributed by atoms with van der Waals surface area (Å²) >= 11 is 0. The van der Waals surface area contributed by atoms with Gasteiger partial charge < -0.3 is 4.43 Å². The van der Waals surface area contributed by atoms with E-state index in [4.69, 9.17) is 4.43 Å². The fourth-order valence-corrected chi connectivity index (χ4v) is 2.70. The molecule has 0 aliphatic rings. The second-order valence-corrected chi connectivity index (χ2v) is 9.52. The number of rotatable bonds is 7. The molecule has 0 unspecified atom stereocenters. The van der Waals surface area contributed by atoms with Crippen LogP contribution in [-0.4, -0.2) is 8.32 Å². The van der Waals surface area contributed by atoms with Gasteiger partial charge in [0.15, 0.2) is 0 Å². The van der Waals surface area contributed by atoms with E-state index >= 15 is 0 Å². The van der Waals surface area contributed by atoms with Gasteiger partial charge in [0.1, 0.15) is 0 Å². The minimum atomic E-state index is -1.42. The second kappa shape index (κ2) is 7.10. The molecule has 0 spiro atoms. The van der Waals surface area contributed by atoms with E-state index in [0.717, 1.165) is 12.8 Å². The summed E-state index contributed by atoms with van der Waals surface area (Å²) in [6.45, 7) is 13.5. The van der Waals surface area contributed by atoms with Crippen LogP contribution in [0.2, 0.25) is 19.6 Å². The van der Waals surface area contributed by atoms with E-state index in [1.165, 1.54) is 25.0 Å². The fourth-order valence-electron chi connectivity index (χ4n) is 1.71. The van der Waals surface area contributed by atoms with E-state index in [2.05, 4.69) is 40.4 Å². The lowest BCUT2D eigenvalue weighted by Gasteiger charge is -2.24. The molecule has 0 rings (SSSR count). The van der Waals surface area contributed by atoms with Crippen LogP contribution in [0.4, 0.5) is 0 Å². The molecule has 0 aromatic heterocycles. The van der Waals surface area contributed by atoms with Crippen molar-refractivity contribution < 1.29 is 4.43 Å². The van der Waals surface area contributed by atoms with Crippen LogP contribution in [0.15, 0.2) is 11.3 Å². The Labute approximate surface area is 97.0 Å². The van der Waals surface area contributed by atoms with Crippen LogP contribution in [0, 0.1) is 0 Å². The summed E-state index contributed by atoms with van der Waals surface area (Å²) in [4.78, 5) is 0. The van der Waals surface area contributed by atoms with Crippen molar-refractivity contribution in [3.63, 3.8) is 0 Å². The first kappa shape index (κ1) is 14.8. The van der Waals surface area contributed by atoms with Gasteiger partial charge in [-0.3, -0.25) is 0 Å². The molecule has 0 radical (unpaired) electrons. The molecule has 0 fully saturated rings. The molecule has 90 valence electrons. The largest absolute Gasteiger partial charge is 0.547 e. The van der Waals surface area contributed by atoms with Crippen molar-refractivity contribution in [2.45, 2.75) is 72.5 Å². The van der Waals surface area contributed by atoms with Crippen molar-refractivity contribution in [2.75, 3.05) is 0 Å². The van der Waals surface area contributed by atoms with Crippen molar-refractivity contribution in [2.24, 2.45) is 0 Å². The average molecular weight is 228 g/mol. The summed E-state index contributed by atoms with van der Waals surface area (Å²) < 4.78 is 6.20. The molecule has 1 nitrogen and oxygen atoms in total.